The van der Waals surface area contributed by atoms with Gasteiger partial charge in [-0.3, -0.25) is 0 Å². The van der Waals surface area contributed by atoms with E-state index in [1.54, 1.807) is 0 Å². The summed E-state index contributed by atoms with van der Waals surface area (Å²) in [7, 11) is 0. The van der Waals surface area contributed by atoms with Crippen molar-refractivity contribution in [3.05, 3.63) is 283 Å². The number of rotatable bonds is 8. The Hall–Kier alpha value is -8.72. The van der Waals surface area contributed by atoms with E-state index >= 15 is 0 Å². The number of allylic oxidation sites excluding steroid dienone is 7. The molecule has 11 aromatic rings. The van der Waals surface area contributed by atoms with Crippen LogP contribution >= 0.6 is 0 Å². The lowest BCUT2D eigenvalue weighted by atomic mass is 9.72. The molecule has 3 atom stereocenters. The molecule has 2 nitrogen and oxygen atoms in total. The van der Waals surface area contributed by atoms with Crippen molar-refractivity contribution >= 4 is 60.3 Å². The van der Waals surface area contributed by atoms with Crippen LogP contribution in [0.1, 0.15) is 48.9 Å². The number of aromatic nitrogens is 1. The van der Waals surface area contributed by atoms with Crippen LogP contribution in [-0.4, -0.2) is 4.57 Å². The van der Waals surface area contributed by atoms with Gasteiger partial charge in [-0.25, -0.2) is 0 Å². The molecule has 348 valence electrons. The Kier molecular flexibility index (Phi) is 10.2. The van der Waals surface area contributed by atoms with Gasteiger partial charge in [-0.2, -0.15) is 0 Å². The van der Waals surface area contributed by atoms with E-state index in [4.69, 9.17) is 0 Å². The highest BCUT2D eigenvalue weighted by molar-refractivity contribution is 6.19. The van der Waals surface area contributed by atoms with E-state index in [0.717, 1.165) is 12.1 Å². The summed E-state index contributed by atoms with van der Waals surface area (Å²) in [4.78, 5) is 2.47. The van der Waals surface area contributed by atoms with Crippen LogP contribution < -0.4 is 4.90 Å². The average molecular weight is 935 g/mol. The maximum atomic E-state index is 2.61. The predicted octanol–water partition coefficient (Wildman–Crippen LogP) is 19.0. The van der Waals surface area contributed by atoms with Gasteiger partial charge in [-0.1, -0.05) is 220 Å². The molecule has 0 N–H and O–H groups in total. The van der Waals surface area contributed by atoms with Gasteiger partial charge in [0.1, 0.15) is 0 Å². The number of benzene rings is 10. The quantitative estimate of drug-likeness (QED) is 0.138. The molecule has 73 heavy (non-hydrogen) atoms. The van der Waals surface area contributed by atoms with Crippen LogP contribution in [-0.2, 0) is 5.41 Å². The lowest BCUT2D eigenvalue weighted by molar-refractivity contribution is 0.395. The first-order valence-corrected chi connectivity index (χ1v) is 25.9. The maximum Gasteiger partial charge on any atom is 0.0561 e. The molecule has 0 aliphatic heterocycles. The fourth-order valence-corrected chi connectivity index (χ4v) is 12.9. The molecule has 3 aliphatic carbocycles. The molecule has 3 aliphatic rings. The Morgan fingerprint density at radius 3 is 1.51 bits per heavy atom. The van der Waals surface area contributed by atoms with Crippen molar-refractivity contribution in [3.63, 3.8) is 0 Å². The smallest absolute Gasteiger partial charge is 0.0561 e. The molecule has 3 unspecified atom stereocenters. The topological polar surface area (TPSA) is 8.17 Å². The first-order chi connectivity index (χ1) is 36.0. The SMILES string of the molecule is CC1(C)c2cc(N(C3=CCC(n4c5ccc(-c6ccccc6)cc5c5cc(-c6ccccc6)ccc54)C=C3)c3ccccc3)ccc2C2C=CC(c3c4ccccc4c(-c4ccccc4)c4ccccc34)=CC21. The molecule has 2 heteroatoms. The molecule has 0 saturated carbocycles. The number of para-hydroxylation sites is 1. The summed E-state index contributed by atoms with van der Waals surface area (Å²) >= 11 is 0. The van der Waals surface area contributed by atoms with E-state index in [2.05, 4.69) is 284 Å². The second-order valence-corrected chi connectivity index (χ2v) is 20.8. The minimum absolute atomic E-state index is 0.122. The monoisotopic (exact) mass is 934 g/mol. The largest absolute Gasteiger partial charge is 0.333 e. The van der Waals surface area contributed by atoms with Crippen molar-refractivity contribution in [1.82, 2.24) is 4.57 Å². The Morgan fingerprint density at radius 2 is 0.959 bits per heavy atom. The van der Waals surface area contributed by atoms with E-state index in [1.807, 2.05) is 0 Å². The molecular weight excluding hydrogens is 881 g/mol. The second-order valence-electron chi connectivity index (χ2n) is 20.8. The minimum Gasteiger partial charge on any atom is -0.333 e. The van der Waals surface area contributed by atoms with Crippen LogP contribution in [0.4, 0.5) is 11.4 Å². The summed E-state index contributed by atoms with van der Waals surface area (Å²) in [5, 5.41) is 7.74. The summed E-state index contributed by atoms with van der Waals surface area (Å²) in [6.07, 6.45) is 15.7. The Morgan fingerprint density at radius 1 is 0.438 bits per heavy atom. The van der Waals surface area contributed by atoms with Gasteiger partial charge in [0.2, 0.25) is 0 Å². The highest BCUT2D eigenvalue weighted by Crippen LogP contribution is 2.56. The van der Waals surface area contributed by atoms with Crippen LogP contribution in [0, 0.1) is 5.92 Å². The van der Waals surface area contributed by atoms with Crippen molar-refractivity contribution in [2.75, 3.05) is 4.90 Å². The van der Waals surface area contributed by atoms with Crippen LogP contribution in [0.2, 0.25) is 0 Å². The van der Waals surface area contributed by atoms with Gasteiger partial charge in [-0.05, 0) is 150 Å². The molecule has 1 aromatic heterocycles. The highest BCUT2D eigenvalue weighted by atomic mass is 15.1. The van der Waals surface area contributed by atoms with Crippen LogP contribution in [0.15, 0.2) is 267 Å². The number of hydrogen-bond donors (Lipinski definition) is 0. The molecule has 0 amide bonds. The Balaban J connectivity index is 0.828. The normalized spacial score (nSPS) is 17.7. The first-order valence-electron chi connectivity index (χ1n) is 25.9. The summed E-state index contributed by atoms with van der Waals surface area (Å²) in [5.74, 6) is 0.588. The van der Waals surface area contributed by atoms with Crippen LogP contribution in [0.25, 0.3) is 82.3 Å². The minimum atomic E-state index is -0.122. The fraction of sp³-hybridized carbons (Fsp3) is 0.0986. The molecule has 0 bridgehead atoms. The van der Waals surface area contributed by atoms with Gasteiger partial charge in [0.05, 0.1) is 6.04 Å². The van der Waals surface area contributed by atoms with Crippen molar-refractivity contribution in [1.29, 1.82) is 0 Å². The Bertz CT molecular complexity index is 3920. The lowest BCUT2D eigenvalue weighted by Gasteiger charge is -2.32. The molecule has 14 rings (SSSR count). The van der Waals surface area contributed by atoms with Gasteiger partial charge in [0, 0.05) is 44.8 Å². The molecule has 0 spiro atoms. The standard InChI is InChI=1S/C71H54N2/c1-71(2)65-45-52(70-61-29-17-15-27-59(61)69(49-23-11-5-12-24-49)60-28-16-18-30-62(60)70)31-39-57(65)58-40-38-56(46-66(58)71)72(53-25-13-6-14-26-53)54-34-36-55(37-35-54)73-67-41-32-50(47-19-7-3-8-20-47)43-63(67)64-44-51(33-42-68(64)73)48-21-9-4-10-22-48/h3-36,38-46,55,57,65H,37H2,1-2H3. The van der Waals surface area contributed by atoms with E-state index in [-0.39, 0.29) is 11.5 Å². The zero-order chi connectivity index (χ0) is 48.6. The van der Waals surface area contributed by atoms with Crippen LogP contribution in [0.3, 0.4) is 0 Å². The lowest BCUT2D eigenvalue weighted by Crippen LogP contribution is -2.25. The van der Waals surface area contributed by atoms with Crippen molar-refractivity contribution in [3.8, 4) is 33.4 Å². The van der Waals surface area contributed by atoms with Gasteiger partial charge >= 0.3 is 0 Å². The van der Waals surface area contributed by atoms with E-state index < -0.39 is 0 Å². The predicted molar refractivity (Wildman–Crippen MR) is 309 cm³/mol. The molecule has 0 fully saturated rings. The third-order valence-corrected chi connectivity index (χ3v) is 16.4. The molecular formula is C71H54N2. The number of fused-ring (bicyclic) bond motifs is 8. The number of nitrogens with zero attached hydrogens (tertiary/aromatic N) is 2. The van der Waals surface area contributed by atoms with Gasteiger partial charge in [0.25, 0.3) is 0 Å². The molecule has 0 radical (unpaired) electrons. The number of hydrogen-bond acceptors (Lipinski definition) is 1. The summed E-state index contributed by atoms with van der Waals surface area (Å²) < 4.78 is 2.57. The summed E-state index contributed by atoms with van der Waals surface area (Å²) in [6.45, 7) is 4.94. The van der Waals surface area contributed by atoms with Crippen molar-refractivity contribution < 1.29 is 0 Å². The van der Waals surface area contributed by atoms with Gasteiger partial charge < -0.3 is 9.47 Å². The zero-order valence-electron chi connectivity index (χ0n) is 41.2. The first kappa shape index (κ1) is 43.1. The van der Waals surface area contributed by atoms with Crippen molar-refractivity contribution in [2.24, 2.45) is 5.92 Å². The average Bonchev–Trinajstić information content (AvgIpc) is 3.89. The van der Waals surface area contributed by atoms with E-state index in [1.165, 1.54) is 110 Å². The maximum absolute atomic E-state index is 2.61. The summed E-state index contributed by atoms with van der Waals surface area (Å²) in [5.41, 5.74) is 18.9. The van der Waals surface area contributed by atoms with Crippen molar-refractivity contribution in [2.45, 2.75) is 37.6 Å². The highest BCUT2D eigenvalue weighted by Gasteiger charge is 2.46. The van der Waals surface area contributed by atoms with Crippen LogP contribution in [0.5, 0.6) is 0 Å². The molecule has 10 aromatic carbocycles. The second kappa shape index (κ2) is 17.3. The van der Waals surface area contributed by atoms with E-state index in [9.17, 15) is 0 Å². The number of anilines is 2. The van der Waals surface area contributed by atoms with Gasteiger partial charge in [0.15, 0.2) is 0 Å². The Labute approximate surface area is 427 Å². The molecule has 1 heterocycles. The van der Waals surface area contributed by atoms with Gasteiger partial charge in [-0.15, -0.1) is 0 Å². The van der Waals surface area contributed by atoms with E-state index in [0.29, 0.717) is 11.8 Å². The third kappa shape index (κ3) is 7.07. The fourth-order valence-electron chi connectivity index (χ4n) is 12.9. The zero-order valence-corrected chi connectivity index (χ0v) is 41.2. The summed E-state index contributed by atoms with van der Waals surface area (Å²) in [6, 6.07) is 82.9. The molecule has 0 saturated heterocycles. The third-order valence-electron chi connectivity index (χ3n) is 16.4.